The summed E-state index contributed by atoms with van der Waals surface area (Å²) in [5.41, 5.74) is 1.60. The highest BCUT2D eigenvalue weighted by Crippen LogP contribution is 2.59. The number of benzene rings is 1. The molecule has 0 saturated carbocycles. The van der Waals surface area contributed by atoms with Crippen molar-refractivity contribution in [3.8, 4) is 0 Å². The molecule has 1 aromatic rings. The molecule has 6 N–H and O–H groups in total. The highest BCUT2D eigenvalue weighted by Gasteiger charge is 2.50. The summed E-state index contributed by atoms with van der Waals surface area (Å²) in [6.45, 7) is 2.99. The number of rotatable bonds is 9. The summed E-state index contributed by atoms with van der Waals surface area (Å²) in [5, 5.41) is 5.40. The second-order valence-corrected chi connectivity index (χ2v) is 12.4. The van der Waals surface area contributed by atoms with E-state index in [0.717, 1.165) is 47.6 Å². The molecule has 1 saturated heterocycles. The van der Waals surface area contributed by atoms with Gasteiger partial charge in [-0.25, -0.2) is 0 Å². The van der Waals surface area contributed by atoms with Gasteiger partial charge in [-0.05, 0) is 47.6 Å². The van der Waals surface area contributed by atoms with Crippen molar-refractivity contribution >= 4 is 37.1 Å². The molecule has 13 heteroatoms. The molecule has 0 spiro atoms. The van der Waals surface area contributed by atoms with Crippen LogP contribution < -0.4 is 16.4 Å². The molecule has 4 atom stereocenters. The first-order chi connectivity index (χ1) is 17.7. The minimum Gasteiger partial charge on any atom is -0.369 e. The van der Waals surface area contributed by atoms with Crippen molar-refractivity contribution in [3.05, 3.63) is 58.0 Å². The van der Waals surface area contributed by atoms with Gasteiger partial charge >= 0.3 is 13.3 Å². The molecule has 2 aliphatic rings. The topological polar surface area (TPSA) is 159 Å². The van der Waals surface area contributed by atoms with Crippen molar-refractivity contribution in [2.75, 3.05) is 5.75 Å². The Labute approximate surface area is 223 Å². The van der Waals surface area contributed by atoms with Gasteiger partial charge < -0.3 is 26.2 Å². The molecule has 2 unspecified atom stereocenters. The predicted octanol–water partition coefficient (Wildman–Crippen LogP) is 2.92. The number of hydrogen-bond donors (Lipinski definition) is 5. The first-order valence-electron chi connectivity index (χ1n) is 12.2. The number of fused-ring (bicyclic) bond motifs is 1. The van der Waals surface area contributed by atoms with Crippen LogP contribution in [-0.4, -0.2) is 45.3 Å². The molecule has 0 aromatic heterocycles. The maximum Gasteiger partial charge on any atom is 0.399 e. The van der Waals surface area contributed by atoms with Gasteiger partial charge in [0.1, 0.15) is 6.04 Å². The zero-order chi connectivity index (χ0) is 28.3. The lowest BCUT2D eigenvalue weighted by Crippen LogP contribution is -2.50. The highest BCUT2D eigenvalue weighted by molar-refractivity contribution is 8.03. The van der Waals surface area contributed by atoms with E-state index >= 15 is 0 Å². The summed E-state index contributed by atoms with van der Waals surface area (Å²) in [6, 6.07) is 2.64. The van der Waals surface area contributed by atoms with Crippen LogP contribution in [0.2, 0.25) is 0 Å². The summed E-state index contributed by atoms with van der Waals surface area (Å²) in [7, 11) is -5.71. The Balaban J connectivity index is 1.76. The van der Waals surface area contributed by atoms with Gasteiger partial charge in [0, 0.05) is 24.8 Å². The zero-order valence-electron chi connectivity index (χ0n) is 21.0. The number of thioether (sulfide) groups is 1. The van der Waals surface area contributed by atoms with Gasteiger partial charge in [-0.15, -0.1) is 11.8 Å². The Bertz CT molecular complexity index is 1180. The minimum atomic E-state index is -5.71. The highest BCUT2D eigenvalue weighted by atomic mass is 32.2. The van der Waals surface area contributed by atoms with Crippen LogP contribution in [-0.2, 0) is 31.0 Å². The number of carbonyl (C=O) groups excluding carboxylic acids is 3. The predicted molar refractivity (Wildman–Crippen MR) is 140 cm³/mol. The van der Waals surface area contributed by atoms with Crippen LogP contribution in [0.4, 0.5) is 8.78 Å². The second kappa shape index (κ2) is 12.1. The molecule has 208 valence electrons. The van der Waals surface area contributed by atoms with Crippen molar-refractivity contribution in [1.82, 2.24) is 10.6 Å². The molecule has 1 aromatic carbocycles. The standard InChI is InChI=1S/C25H32F2N3O6PS/c1-14(17-12-20(23(28)32)19-5-3-4-10-38-22(19)13-17)29-24(33)21(30-15(2)31)11-16-6-8-18(9-7-16)25(26,27)37(34,35)36/h6-9,12-14,19-21H,3-5,10-11H2,1-2H3,(H2,28,32)(H,29,33)(H,30,31)(H2,34,35,36)/t14-,19?,20?,21-/m0/s1. The summed E-state index contributed by atoms with van der Waals surface area (Å²) in [5.74, 6) is -0.949. The number of halogens is 2. The third-order valence-corrected chi connectivity index (χ3v) is 8.88. The third kappa shape index (κ3) is 7.11. The first-order valence-corrected chi connectivity index (χ1v) is 14.8. The normalized spacial score (nSPS) is 21.6. The SMILES string of the molecule is CC(=O)N[C@@H](Cc1ccc(C(F)(F)P(=O)(O)O)cc1)C(=O)N[C@@H](C)C1=CC(C(N)=O)C2CCCCSC2=C1. The lowest BCUT2D eigenvalue weighted by Gasteiger charge is -2.30. The molecule has 1 aliphatic carbocycles. The van der Waals surface area contributed by atoms with Gasteiger partial charge in [0.25, 0.3) is 0 Å². The number of nitrogens with one attached hydrogen (secondary N) is 2. The van der Waals surface area contributed by atoms with Crippen LogP contribution in [0, 0.1) is 11.8 Å². The maximum absolute atomic E-state index is 14.0. The smallest absolute Gasteiger partial charge is 0.369 e. The minimum absolute atomic E-state index is 0.0275. The fourth-order valence-corrected chi connectivity index (χ4v) is 6.36. The third-order valence-electron chi connectivity index (χ3n) is 6.65. The fourth-order valence-electron chi connectivity index (χ4n) is 4.59. The number of allylic oxidation sites excluding steroid dienone is 1. The number of amides is 3. The van der Waals surface area contributed by atoms with Gasteiger partial charge in [-0.1, -0.05) is 36.8 Å². The Kier molecular flexibility index (Phi) is 9.57. The van der Waals surface area contributed by atoms with Crippen LogP contribution in [0.5, 0.6) is 0 Å². The number of alkyl halides is 2. The van der Waals surface area contributed by atoms with E-state index in [1.54, 1.807) is 24.8 Å². The van der Waals surface area contributed by atoms with Crippen molar-refractivity contribution in [2.45, 2.75) is 57.3 Å². The van der Waals surface area contributed by atoms with E-state index in [9.17, 15) is 27.7 Å². The molecule has 0 bridgehead atoms. The molecule has 1 fully saturated rings. The average molecular weight is 572 g/mol. The Morgan fingerprint density at radius 2 is 1.84 bits per heavy atom. The van der Waals surface area contributed by atoms with Crippen LogP contribution in [0.25, 0.3) is 0 Å². The molecular weight excluding hydrogens is 539 g/mol. The van der Waals surface area contributed by atoms with Crippen LogP contribution in [0.3, 0.4) is 0 Å². The lowest BCUT2D eigenvalue weighted by atomic mass is 9.80. The molecule has 38 heavy (non-hydrogen) atoms. The van der Waals surface area contributed by atoms with Gasteiger partial charge in [0.05, 0.1) is 12.0 Å². The molecule has 1 heterocycles. The number of hydrogen-bond acceptors (Lipinski definition) is 5. The van der Waals surface area contributed by atoms with Crippen LogP contribution in [0.15, 0.2) is 46.9 Å². The van der Waals surface area contributed by atoms with Gasteiger partial charge in [0.2, 0.25) is 17.7 Å². The summed E-state index contributed by atoms with van der Waals surface area (Å²) in [6.07, 6.45) is 6.63. The van der Waals surface area contributed by atoms with E-state index < -0.39 is 54.5 Å². The van der Waals surface area contributed by atoms with E-state index in [1.165, 1.54) is 19.1 Å². The fraction of sp³-hybridized carbons (Fsp3) is 0.480. The number of primary amides is 1. The largest absolute Gasteiger partial charge is 0.399 e. The van der Waals surface area contributed by atoms with Crippen LogP contribution in [0.1, 0.15) is 44.2 Å². The lowest BCUT2D eigenvalue weighted by molar-refractivity contribution is -0.128. The van der Waals surface area contributed by atoms with Crippen molar-refractivity contribution in [1.29, 1.82) is 0 Å². The molecule has 3 rings (SSSR count). The number of nitrogens with two attached hydrogens (primary N) is 1. The van der Waals surface area contributed by atoms with Crippen molar-refractivity contribution in [2.24, 2.45) is 17.6 Å². The van der Waals surface area contributed by atoms with E-state index in [4.69, 9.17) is 15.5 Å². The summed E-state index contributed by atoms with van der Waals surface area (Å²) < 4.78 is 39.0. The molecular formula is C25H32F2N3O6PS. The Morgan fingerprint density at radius 3 is 2.42 bits per heavy atom. The molecule has 3 amide bonds. The number of carbonyl (C=O) groups is 3. The van der Waals surface area contributed by atoms with E-state index in [0.29, 0.717) is 5.56 Å². The molecule has 9 nitrogen and oxygen atoms in total. The summed E-state index contributed by atoms with van der Waals surface area (Å²) in [4.78, 5) is 56.1. The molecule has 1 aliphatic heterocycles. The van der Waals surface area contributed by atoms with Crippen molar-refractivity contribution < 1.29 is 37.5 Å². The van der Waals surface area contributed by atoms with Crippen LogP contribution >= 0.6 is 19.4 Å². The van der Waals surface area contributed by atoms with E-state index in [1.807, 2.05) is 6.08 Å². The quantitative estimate of drug-likeness (QED) is 0.285. The van der Waals surface area contributed by atoms with Crippen molar-refractivity contribution in [3.63, 3.8) is 0 Å². The van der Waals surface area contributed by atoms with Gasteiger partial charge in [-0.3, -0.25) is 18.9 Å². The summed E-state index contributed by atoms with van der Waals surface area (Å²) >= 11 is 1.69. The van der Waals surface area contributed by atoms with E-state index in [-0.39, 0.29) is 12.3 Å². The average Bonchev–Trinajstić information content (AvgIpc) is 3.07. The zero-order valence-corrected chi connectivity index (χ0v) is 22.7. The first kappa shape index (κ1) is 30.0. The Hall–Kier alpha value is -2.53. The maximum atomic E-state index is 14.0. The van der Waals surface area contributed by atoms with E-state index in [2.05, 4.69) is 10.6 Å². The molecule has 0 radical (unpaired) electrons. The second-order valence-electron chi connectivity index (χ2n) is 9.56. The van der Waals surface area contributed by atoms with Gasteiger partial charge in [0.15, 0.2) is 0 Å². The van der Waals surface area contributed by atoms with Gasteiger partial charge in [-0.2, -0.15) is 8.78 Å². The Morgan fingerprint density at radius 1 is 1.18 bits per heavy atom. The monoisotopic (exact) mass is 571 g/mol.